The van der Waals surface area contributed by atoms with Gasteiger partial charge in [0.25, 0.3) is 0 Å². The van der Waals surface area contributed by atoms with Crippen LogP contribution in [0.5, 0.6) is 0 Å². The third-order valence-electron chi connectivity index (χ3n) is 4.50. The monoisotopic (exact) mass is 552 g/mol. The van der Waals surface area contributed by atoms with Gasteiger partial charge in [0.05, 0.1) is 11.3 Å². The van der Waals surface area contributed by atoms with Gasteiger partial charge in [0, 0.05) is 31.2 Å². The molecule has 3 rings (SSSR count). The summed E-state index contributed by atoms with van der Waals surface area (Å²) in [6.07, 6.45) is 6.44. The Morgan fingerprint density at radius 1 is 1.06 bits per heavy atom. The van der Waals surface area contributed by atoms with Crippen LogP contribution in [-0.4, -0.2) is 37.5 Å². The minimum Gasteiger partial charge on any atom is -0.367 e. The van der Waals surface area contributed by atoms with Crippen molar-refractivity contribution in [3.63, 3.8) is 0 Å². The molecule has 2 aliphatic rings. The molecule has 3 nitrogen and oxygen atoms in total. The molecule has 0 N–H and O–H groups in total. The van der Waals surface area contributed by atoms with Crippen LogP contribution in [0.1, 0.15) is 31.7 Å². The molecule has 1 saturated heterocycles. The highest BCUT2D eigenvalue weighted by Crippen LogP contribution is 3.02. The number of halogens is 9. The van der Waals surface area contributed by atoms with Crippen LogP contribution >= 0.6 is 21.8 Å². The Labute approximate surface area is 204 Å². The van der Waals surface area contributed by atoms with Gasteiger partial charge in [-0.3, -0.25) is 4.79 Å². The van der Waals surface area contributed by atoms with Gasteiger partial charge in [0.15, 0.2) is 0 Å². The maximum Gasteiger partial charge on any atom is 0.418 e. The molecule has 1 heterocycles. The van der Waals surface area contributed by atoms with E-state index in [1.54, 1.807) is 10.8 Å². The zero-order valence-corrected chi connectivity index (χ0v) is 20.3. The van der Waals surface area contributed by atoms with Gasteiger partial charge in [-0.25, -0.2) is 0 Å². The van der Waals surface area contributed by atoms with Crippen molar-refractivity contribution in [2.75, 3.05) is 31.1 Å². The summed E-state index contributed by atoms with van der Waals surface area (Å²) in [6, 6.07) is 3.54. The van der Waals surface area contributed by atoms with Gasteiger partial charge in [-0.05, 0) is 37.3 Å². The van der Waals surface area contributed by atoms with Crippen LogP contribution in [0.2, 0.25) is 5.02 Å². The average molecular weight is 553 g/mol. The predicted octanol–water partition coefficient (Wildman–Crippen LogP) is 8.19. The number of terminal acetylenes is 1. The van der Waals surface area contributed by atoms with Crippen molar-refractivity contribution in [2.45, 2.75) is 32.4 Å². The molecule has 0 unspecified atom stereocenters. The highest BCUT2D eigenvalue weighted by atomic mass is 35.5. The van der Waals surface area contributed by atoms with Crippen molar-refractivity contribution >= 4 is 33.9 Å². The molecule has 0 aromatic heterocycles. The fourth-order valence-electron chi connectivity index (χ4n) is 2.65. The first kappa shape index (κ1) is 30.6. The van der Waals surface area contributed by atoms with Gasteiger partial charge < -0.3 is 9.80 Å². The SMILES string of the molecule is C#C/C=C\C(=C/C)S(F)(F)(F)(F)F.C1CC1.O=CN1CCN(c2cc(Cl)ccc2C(F)(F)F)CC1. The fraction of sp³-hybridized carbons (Fsp3) is 0.409. The Hall–Kier alpha value is -2.39. The van der Waals surface area contributed by atoms with E-state index in [1.807, 2.05) is 0 Å². The lowest BCUT2D eigenvalue weighted by Gasteiger charge is -2.41. The highest BCUT2D eigenvalue weighted by Gasteiger charge is 2.65. The lowest BCUT2D eigenvalue weighted by atomic mass is 10.1. The zero-order valence-electron chi connectivity index (χ0n) is 18.7. The average Bonchev–Trinajstić information content (AvgIpc) is 3.61. The summed E-state index contributed by atoms with van der Waals surface area (Å²) >= 11 is 5.78. The van der Waals surface area contributed by atoms with E-state index in [9.17, 15) is 37.4 Å². The number of rotatable bonds is 4. The second kappa shape index (κ2) is 11.1. The predicted molar refractivity (Wildman–Crippen MR) is 125 cm³/mol. The molecule has 0 atom stereocenters. The van der Waals surface area contributed by atoms with Crippen LogP contribution < -0.4 is 4.90 Å². The molecule has 1 aromatic carbocycles. The van der Waals surface area contributed by atoms with Gasteiger partial charge in [0.2, 0.25) is 6.41 Å². The van der Waals surface area contributed by atoms with E-state index in [0.717, 1.165) is 13.0 Å². The van der Waals surface area contributed by atoms with Crippen LogP contribution in [-0.2, 0) is 11.0 Å². The smallest absolute Gasteiger partial charge is 0.367 e. The van der Waals surface area contributed by atoms with Crippen molar-refractivity contribution in [1.82, 2.24) is 4.90 Å². The van der Waals surface area contributed by atoms with Gasteiger partial charge in [-0.15, -0.1) is 6.42 Å². The van der Waals surface area contributed by atoms with Crippen LogP contribution in [0.4, 0.5) is 38.3 Å². The molecule has 0 spiro atoms. The van der Waals surface area contributed by atoms with E-state index in [0.29, 0.717) is 38.7 Å². The molecular weight excluding hydrogens is 528 g/mol. The number of carbonyl (C=O) groups is 1. The molecule has 1 saturated carbocycles. The number of alkyl halides is 3. The van der Waals surface area contributed by atoms with Gasteiger partial charge >= 0.3 is 16.4 Å². The van der Waals surface area contributed by atoms with Crippen LogP contribution in [0, 0.1) is 12.3 Å². The van der Waals surface area contributed by atoms with Crippen molar-refractivity contribution in [3.8, 4) is 12.3 Å². The Morgan fingerprint density at radius 2 is 1.60 bits per heavy atom. The van der Waals surface area contributed by atoms with Gasteiger partial charge in [-0.1, -0.05) is 62.3 Å². The molecular formula is C22H25ClF8N2OS. The molecule has 13 heteroatoms. The van der Waals surface area contributed by atoms with E-state index >= 15 is 0 Å². The molecule has 1 aliphatic carbocycles. The van der Waals surface area contributed by atoms with E-state index in [1.165, 1.54) is 36.3 Å². The van der Waals surface area contributed by atoms with Crippen molar-refractivity contribution in [3.05, 3.63) is 51.9 Å². The van der Waals surface area contributed by atoms with Crippen molar-refractivity contribution < 1.29 is 37.4 Å². The largest absolute Gasteiger partial charge is 0.418 e. The molecule has 198 valence electrons. The fourth-order valence-corrected chi connectivity index (χ4v) is 3.59. The Balaban J connectivity index is 0.000000331. The van der Waals surface area contributed by atoms with E-state index in [-0.39, 0.29) is 22.9 Å². The van der Waals surface area contributed by atoms with Crippen LogP contribution in [0.25, 0.3) is 0 Å². The minimum absolute atomic E-state index is 0.0746. The number of hydrogen-bond acceptors (Lipinski definition) is 2. The van der Waals surface area contributed by atoms with Crippen molar-refractivity contribution in [1.29, 1.82) is 0 Å². The number of carbonyl (C=O) groups excluding carboxylic acids is 1. The molecule has 0 bridgehead atoms. The van der Waals surface area contributed by atoms with Crippen molar-refractivity contribution in [2.24, 2.45) is 0 Å². The van der Waals surface area contributed by atoms with E-state index in [4.69, 9.17) is 11.6 Å². The van der Waals surface area contributed by atoms with E-state index in [2.05, 4.69) is 6.42 Å². The Kier molecular flexibility index (Phi) is 9.73. The molecule has 35 heavy (non-hydrogen) atoms. The lowest BCUT2D eigenvalue weighted by Crippen LogP contribution is -2.46. The minimum atomic E-state index is -9.54. The number of allylic oxidation sites excluding steroid dienone is 3. The third kappa shape index (κ3) is 11.3. The second-order valence-corrected chi connectivity index (χ2v) is 10.4. The summed E-state index contributed by atoms with van der Waals surface area (Å²) in [7, 11) is -9.54. The van der Waals surface area contributed by atoms with Crippen LogP contribution in [0.3, 0.4) is 0 Å². The zero-order chi connectivity index (χ0) is 27.0. The molecule has 1 aliphatic heterocycles. The van der Waals surface area contributed by atoms with Gasteiger partial charge in [0.1, 0.15) is 4.91 Å². The first-order valence-electron chi connectivity index (χ1n) is 10.3. The number of nitrogens with zero attached hydrogens (tertiary/aromatic N) is 2. The van der Waals surface area contributed by atoms with E-state index < -0.39 is 26.9 Å². The highest BCUT2D eigenvalue weighted by molar-refractivity contribution is 8.48. The maximum absolute atomic E-state index is 12.9. The summed E-state index contributed by atoms with van der Waals surface area (Å²) in [5.41, 5.74) is -0.623. The van der Waals surface area contributed by atoms with Gasteiger partial charge in [-0.2, -0.15) is 13.2 Å². The maximum atomic E-state index is 12.9. The number of benzene rings is 1. The summed E-state index contributed by atoms with van der Waals surface area (Å²) in [5, 5.41) is 0.265. The summed E-state index contributed by atoms with van der Waals surface area (Å²) in [4.78, 5) is 11.8. The quantitative estimate of drug-likeness (QED) is 0.163. The summed E-state index contributed by atoms with van der Waals surface area (Å²) in [5.74, 6) is 1.70. The number of amides is 1. The normalized spacial score (nSPS) is 18.3. The molecule has 1 aromatic rings. The molecule has 1 amide bonds. The first-order chi connectivity index (χ1) is 15.9. The second-order valence-electron chi connectivity index (χ2n) is 7.51. The topological polar surface area (TPSA) is 23.6 Å². The summed E-state index contributed by atoms with van der Waals surface area (Å²) in [6.45, 7) is 2.42. The standard InChI is InChI=1S/C12H12ClF3N2O.C7H7F5S.C3H6/c13-9-1-2-10(12(14,15)16)11(7-9)18-5-3-17(8-19)4-6-18;1-3-5-6-7(4-2)13(8,9,10,11)12;1-2-3-1/h1-2,7-8H,3-6H2;1,4-6H,2H3;1-3H2/b;6-5-,7-4+;. The lowest BCUT2D eigenvalue weighted by molar-refractivity contribution is -0.137. The number of piperazine rings is 1. The third-order valence-corrected chi connectivity index (χ3v) is 5.99. The first-order valence-corrected chi connectivity index (χ1v) is 12.6. The Morgan fingerprint density at radius 3 is 1.97 bits per heavy atom. The number of anilines is 1. The Bertz CT molecular complexity index is 972. The number of hydrogen-bond donors (Lipinski definition) is 0. The summed E-state index contributed by atoms with van der Waals surface area (Å²) < 4.78 is 98.9. The molecule has 0 radical (unpaired) electrons. The van der Waals surface area contributed by atoms with Crippen LogP contribution in [0.15, 0.2) is 41.3 Å². The molecule has 2 fully saturated rings.